The molecule has 8 nitrogen and oxygen atoms in total. The monoisotopic (exact) mass is 512 g/mol. The molecule has 0 radical (unpaired) electrons. The van der Waals surface area contributed by atoms with Gasteiger partial charge in [0.2, 0.25) is 0 Å². The minimum Gasteiger partial charge on any atom is -0.381 e. The Morgan fingerprint density at radius 1 is 1.35 bits per heavy atom. The summed E-state index contributed by atoms with van der Waals surface area (Å²) in [6.45, 7) is 10.2. The second-order valence-electron chi connectivity index (χ2n) is 10.7. The first kappa shape index (κ1) is 29.3. The van der Waals surface area contributed by atoms with Gasteiger partial charge in [0.15, 0.2) is 5.79 Å². The third kappa shape index (κ3) is 10.6. The topological polar surface area (TPSA) is 118 Å². The van der Waals surface area contributed by atoms with Crippen LogP contribution in [0.15, 0.2) is 29.3 Å². The van der Waals surface area contributed by atoms with Crippen LogP contribution in [-0.4, -0.2) is 73.2 Å². The molecule has 2 aliphatic heterocycles. The van der Waals surface area contributed by atoms with Crippen molar-refractivity contribution in [2.24, 2.45) is 16.6 Å². The van der Waals surface area contributed by atoms with E-state index in [9.17, 15) is 4.79 Å². The number of aliphatic imine (C=N–C) groups is 1. The molecule has 0 saturated carbocycles. The zero-order chi connectivity index (χ0) is 26.7. The Morgan fingerprint density at radius 2 is 2.11 bits per heavy atom. The third-order valence-corrected chi connectivity index (χ3v) is 7.03. The second kappa shape index (κ2) is 14.6. The normalized spacial score (nSPS) is 20.6. The number of carbonyl (C=O) groups is 1. The van der Waals surface area contributed by atoms with Gasteiger partial charge in [0.05, 0.1) is 0 Å². The molecule has 5 N–H and O–H groups in total. The summed E-state index contributed by atoms with van der Waals surface area (Å²) in [6.07, 6.45) is 15.4. The number of nitrogens with two attached hydrogens (primary N) is 1. The first-order chi connectivity index (χ1) is 17.8. The molecule has 0 aliphatic carbocycles. The smallest absolute Gasteiger partial charge is 0.270 e. The lowest BCUT2D eigenvalue weighted by molar-refractivity contribution is 0.0582. The van der Waals surface area contributed by atoms with Crippen molar-refractivity contribution in [1.82, 2.24) is 20.5 Å². The standard InChI is InChI=1S/C29H48N6O2/c1-5-6-11-26-24(12-16-32-29(3,30)34-22(2)9-7-8-10-25-21-31-25)20-27(33-26)28(36)35(4)17-13-23-14-18-37-19-15-23/h6,8,10-11,20,23,25,31-33H,5,7,9,12-19,21,30H2,1-4H3. The van der Waals surface area contributed by atoms with E-state index in [0.29, 0.717) is 24.2 Å². The highest BCUT2D eigenvalue weighted by Gasteiger charge is 2.21. The molecule has 0 aromatic carbocycles. The van der Waals surface area contributed by atoms with Crippen LogP contribution in [0, 0.1) is 5.92 Å². The molecule has 3 rings (SSSR count). The predicted octanol–water partition coefficient (Wildman–Crippen LogP) is 3.86. The number of aromatic amines is 1. The summed E-state index contributed by atoms with van der Waals surface area (Å²) in [4.78, 5) is 23.0. The molecule has 2 unspecified atom stereocenters. The van der Waals surface area contributed by atoms with Gasteiger partial charge in [-0.25, -0.2) is 0 Å². The number of allylic oxidation sites excluding steroid dienone is 2. The SMILES string of the molecule is CCC=Cc1[nH]c(C(=O)N(C)CCC2CCOCC2)cc1CCNC(C)(N)N=C(C)CCC=CC1CN1. The van der Waals surface area contributed by atoms with Crippen LogP contribution in [0.25, 0.3) is 6.08 Å². The summed E-state index contributed by atoms with van der Waals surface area (Å²) >= 11 is 0. The molecule has 0 bridgehead atoms. The fourth-order valence-electron chi connectivity index (χ4n) is 4.64. The molecule has 37 heavy (non-hydrogen) atoms. The molecule has 3 heterocycles. The lowest BCUT2D eigenvalue weighted by Crippen LogP contribution is -2.50. The summed E-state index contributed by atoms with van der Waals surface area (Å²) < 4.78 is 5.46. The maximum absolute atomic E-state index is 13.1. The number of hydrogen-bond acceptors (Lipinski definition) is 6. The summed E-state index contributed by atoms with van der Waals surface area (Å²) in [5.41, 5.74) is 10.2. The molecule has 2 fully saturated rings. The third-order valence-electron chi connectivity index (χ3n) is 7.03. The number of H-pyrrole nitrogens is 1. The van der Waals surface area contributed by atoms with Gasteiger partial charge in [-0.05, 0) is 82.4 Å². The Labute approximate surface area is 223 Å². The maximum Gasteiger partial charge on any atom is 0.270 e. The van der Waals surface area contributed by atoms with Crippen molar-refractivity contribution in [3.05, 3.63) is 41.2 Å². The fourth-order valence-corrected chi connectivity index (χ4v) is 4.64. The van der Waals surface area contributed by atoms with Gasteiger partial charge in [-0.3, -0.25) is 20.8 Å². The van der Waals surface area contributed by atoms with Crippen LogP contribution in [0.2, 0.25) is 0 Å². The highest BCUT2D eigenvalue weighted by Crippen LogP contribution is 2.20. The Morgan fingerprint density at radius 3 is 2.81 bits per heavy atom. The summed E-state index contributed by atoms with van der Waals surface area (Å²) in [5.74, 6) is -0.150. The van der Waals surface area contributed by atoms with E-state index in [1.807, 2.05) is 31.9 Å². The van der Waals surface area contributed by atoms with E-state index in [-0.39, 0.29) is 5.91 Å². The van der Waals surface area contributed by atoms with E-state index < -0.39 is 5.79 Å². The minimum absolute atomic E-state index is 0.0350. The molecule has 2 atom stereocenters. The molecule has 206 valence electrons. The van der Waals surface area contributed by atoms with E-state index in [1.54, 1.807) is 0 Å². The molecule has 1 aromatic heterocycles. The first-order valence-electron chi connectivity index (χ1n) is 14.0. The number of nitrogens with one attached hydrogen (secondary N) is 3. The number of ether oxygens (including phenoxy) is 1. The molecule has 0 spiro atoms. The van der Waals surface area contributed by atoms with Crippen LogP contribution in [0.3, 0.4) is 0 Å². The number of nitrogens with zero attached hydrogens (tertiary/aromatic N) is 2. The molecular formula is C29H48N6O2. The largest absolute Gasteiger partial charge is 0.381 e. The molecular weight excluding hydrogens is 464 g/mol. The maximum atomic E-state index is 13.1. The van der Waals surface area contributed by atoms with Crippen LogP contribution < -0.4 is 16.4 Å². The molecule has 1 amide bonds. The molecule has 8 heteroatoms. The number of amides is 1. The van der Waals surface area contributed by atoms with Gasteiger partial charge in [0, 0.05) is 57.3 Å². The van der Waals surface area contributed by atoms with Gasteiger partial charge in [-0.1, -0.05) is 25.2 Å². The van der Waals surface area contributed by atoms with Crippen molar-refractivity contribution in [3.63, 3.8) is 0 Å². The Bertz CT molecular complexity index is 938. The van der Waals surface area contributed by atoms with Gasteiger partial charge in [0.1, 0.15) is 5.69 Å². The highest BCUT2D eigenvalue weighted by atomic mass is 16.5. The van der Waals surface area contributed by atoms with Crippen LogP contribution in [0.4, 0.5) is 0 Å². The fraction of sp³-hybridized carbons (Fsp3) is 0.655. The quantitative estimate of drug-likeness (QED) is 0.123. The molecule has 1 aromatic rings. The van der Waals surface area contributed by atoms with Crippen LogP contribution in [0.5, 0.6) is 0 Å². The van der Waals surface area contributed by atoms with Gasteiger partial charge in [-0.2, -0.15) is 0 Å². The van der Waals surface area contributed by atoms with Gasteiger partial charge in [0.25, 0.3) is 5.91 Å². The Balaban J connectivity index is 1.53. The second-order valence-corrected chi connectivity index (χ2v) is 10.7. The first-order valence-corrected chi connectivity index (χ1v) is 14.0. The highest BCUT2D eigenvalue weighted by molar-refractivity contribution is 5.93. The van der Waals surface area contributed by atoms with E-state index >= 15 is 0 Å². The zero-order valence-electron chi connectivity index (χ0n) is 23.3. The molecule has 2 saturated heterocycles. The lowest BCUT2D eigenvalue weighted by Gasteiger charge is -2.24. The summed E-state index contributed by atoms with van der Waals surface area (Å²) in [5, 5.41) is 6.64. The zero-order valence-corrected chi connectivity index (χ0v) is 23.3. The van der Waals surface area contributed by atoms with Crippen molar-refractivity contribution < 1.29 is 9.53 Å². The van der Waals surface area contributed by atoms with Crippen LogP contribution >= 0.6 is 0 Å². The van der Waals surface area contributed by atoms with Crippen LogP contribution in [-0.2, 0) is 11.2 Å². The predicted molar refractivity (Wildman–Crippen MR) is 153 cm³/mol. The minimum atomic E-state index is -0.829. The van der Waals surface area contributed by atoms with Gasteiger partial charge in [-0.15, -0.1) is 0 Å². The van der Waals surface area contributed by atoms with Gasteiger partial charge >= 0.3 is 0 Å². The van der Waals surface area contributed by atoms with E-state index in [2.05, 4.69) is 46.8 Å². The molecule has 2 aliphatic rings. The van der Waals surface area contributed by atoms with E-state index in [1.165, 1.54) is 0 Å². The van der Waals surface area contributed by atoms with E-state index in [0.717, 1.165) is 88.2 Å². The van der Waals surface area contributed by atoms with Crippen molar-refractivity contribution >= 4 is 17.7 Å². The summed E-state index contributed by atoms with van der Waals surface area (Å²) in [6, 6.07) is 2.56. The van der Waals surface area contributed by atoms with Crippen molar-refractivity contribution in [2.75, 3.05) is 39.9 Å². The van der Waals surface area contributed by atoms with Gasteiger partial charge < -0.3 is 19.9 Å². The Hall–Kier alpha value is -2.26. The van der Waals surface area contributed by atoms with Crippen molar-refractivity contribution in [2.45, 2.75) is 77.5 Å². The number of hydrogen-bond donors (Lipinski definition) is 4. The van der Waals surface area contributed by atoms with Crippen molar-refractivity contribution in [3.8, 4) is 0 Å². The summed E-state index contributed by atoms with van der Waals surface area (Å²) in [7, 11) is 1.89. The Kier molecular flexibility index (Phi) is 11.6. The van der Waals surface area contributed by atoms with Crippen LogP contribution in [0.1, 0.15) is 81.0 Å². The average molecular weight is 513 g/mol. The number of rotatable bonds is 15. The van der Waals surface area contributed by atoms with Crippen molar-refractivity contribution in [1.29, 1.82) is 0 Å². The van der Waals surface area contributed by atoms with E-state index in [4.69, 9.17) is 15.5 Å². The average Bonchev–Trinajstić information content (AvgIpc) is 3.62. The number of carbonyl (C=O) groups excluding carboxylic acids is 1. The lowest BCUT2D eigenvalue weighted by atomic mass is 9.96. The number of aromatic nitrogens is 1.